The van der Waals surface area contributed by atoms with Gasteiger partial charge in [0.25, 0.3) is 0 Å². The van der Waals surface area contributed by atoms with Gasteiger partial charge in [-0.1, -0.05) is 0 Å². The van der Waals surface area contributed by atoms with Crippen LogP contribution in [0, 0.1) is 0 Å². The molecular weight excluding hydrogens is 247 g/mol. The number of ether oxygens (including phenoxy) is 2. The van der Waals surface area contributed by atoms with Gasteiger partial charge in [0.1, 0.15) is 21.6 Å². The third-order valence-corrected chi connectivity index (χ3v) is 2.43. The van der Waals surface area contributed by atoms with Gasteiger partial charge in [-0.3, -0.25) is 0 Å². The second-order valence-corrected chi connectivity index (χ2v) is 3.88. The van der Waals surface area contributed by atoms with Crippen molar-refractivity contribution >= 4 is 10.1 Å². The van der Waals surface area contributed by atoms with Gasteiger partial charge in [0, 0.05) is 6.07 Å². The Labute approximate surface area is 131 Å². The summed E-state index contributed by atoms with van der Waals surface area (Å²) in [7, 11) is -1.74. The first-order valence-electron chi connectivity index (χ1n) is 3.66. The summed E-state index contributed by atoms with van der Waals surface area (Å²) in [4.78, 5) is -0.367. The number of benzene rings is 1. The van der Waals surface area contributed by atoms with Gasteiger partial charge in [-0.25, -0.2) is 8.42 Å². The van der Waals surface area contributed by atoms with E-state index in [9.17, 15) is 13.0 Å². The Balaban J connectivity index is 0.00000196. The molecule has 0 aliphatic rings. The molecule has 0 radical (unpaired) electrons. The molecule has 5 nitrogen and oxygen atoms in total. The van der Waals surface area contributed by atoms with E-state index in [-0.39, 0.29) is 67.8 Å². The molecule has 1 rings (SSSR count). The molecular formula is C8H9KO5S. The molecule has 0 unspecified atom stereocenters. The first-order chi connectivity index (χ1) is 6.47. The van der Waals surface area contributed by atoms with Crippen molar-refractivity contribution in [2.75, 3.05) is 14.2 Å². The average Bonchev–Trinajstić information content (AvgIpc) is 2.15. The molecule has 7 heteroatoms. The van der Waals surface area contributed by atoms with E-state index in [1.165, 1.54) is 20.3 Å². The van der Waals surface area contributed by atoms with Crippen LogP contribution in [-0.2, 0) is 10.1 Å². The molecule has 0 saturated heterocycles. The molecule has 1 aromatic rings. The zero-order valence-electron chi connectivity index (χ0n) is 8.68. The molecule has 0 N–H and O–H groups in total. The summed E-state index contributed by atoms with van der Waals surface area (Å²) in [5.41, 5.74) is 0. The van der Waals surface area contributed by atoms with Crippen LogP contribution in [0.4, 0.5) is 0 Å². The van der Waals surface area contributed by atoms with Crippen LogP contribution in [0.1, 0.15) is 0 Å². The summed E-state index contributed by atoms with van der Waals surface area (Å²) in [6.07, 6.45) is 0. The zero-order chi connectivity index (χ0) is 10.8. The Morgan fingerprint density at radius 1 is 1.07 bits per heavy atom. The third-order valence-electron chi connectivity index (χ3n) is 1.61. The Bertz CT molecular complexity index is 406. The van der Waals surface area contributed by atoms with Crippen molar-refractivity contribution in [1.29, 1.82) is 0 Å². The Morgan fingerprint density at radius 2 is 1.47 bits per heavy atom. The fourth-order valence-electron chi connectivity index (χ4n) is 0.926. The van der Waals surface area contributed by atoms with Gasteiger partial charge in [-0.05, 0) is 12.1 Å². The van der Waals surface area contributed by atoms with Crippen LogP contribution in [0.3, 0.4) is 0 Å². The van der Waals surface area contributed by atoms with E-state index < -0.39 is 10.1 Å². The Kier molecular flexibility index (Phi) is 6.34. The maximum Gasteiger partial charge on any atom is 1.00 e. The van der Waals surface area contributed by atoms with Crippen LogP contribution in [-0.4, -0.2) is 27.2 Å². The largest absolute Gasteiger partial charge is 1.00 e. The molecule has 0 saturated carbocycles. The van der Waals surface area contributed by atoms with Crippen molar-refractivity contribution in [3.63, 3.8) is 0 Å². The van der Waals surface area contributed by atoms with E-state index >= 15 is 0 Å². The van der Waals surface area contributed by atoms with Gasteiger partial charge in [-0.2, -0.15) is 0 Å². The van der Waals surface area contributed by atoms with Gasteiger partial charge in [0.2, 0.25) is 0 Å². The summed E-state index contributed by atoms with van der Waals surface area (Å²) in [6.45, 7) is 0. The SMILES string of the molecule is COc1cc(OC)cc(S(=O)(=O)[O-])c1.[K+]. The number of hydrogen-bond acceptors (Lipinski definition) is 5. The first kappa shape index (κ1) is 15.4. The normalized spacial score (nSPS) is 10.3. The molecule has 78 valence electrons. The van der Waals surface area contributed by atoms with Gasteiger partial charge < -0.3 is 14.0 Å². The average molecular weight is 256 g/mol. The molecule has 0 fully saturated rings. The van der Waals surface area contributed by atoms with Gasteiger partial charge in [-0.15, -0.1) is 0 Å². The van der Waals surface area contributed by atoms with Crippen molar-refractivity contribution in [3.05, 3.63) is 18.2 Å². The predicted octanol–water partition coefficient (Wildman–Crippen LogP) is -2.39. The van der Waals surface area contributed by atoms with Crippen LogP contribution in [0.2, 0.25) is 0 Å². The van der Waals surface area contributed by atoms with Crippen molar-refractivity contribution < 1.29 is 73.8 Å². The Morgan fingerprint density at radius 3 is 1.73 bits per heavy atom. The van der Waals surface area contributed by atoms with E-state index in [1.54, 1.807) is 0 Å². The molecule has 0 spiro atoms. The maximum absolute atomic E-state index is 10.7. The fourth-order valence-corrected chi connectivity index (χ4v) is 1.45. The van der Waals surface area contributed by atoms with Gasteiger partial charge in [0.05, 0.1) is 19.1 Å². The molecule has 0 bridgehead atoms. The molecule has 0 aliphatic carbocycles. The summed E-state index contributed by atoms with van der Waals surface area (Å²) >= 11 is 0. The summed E-state index contributed by atoms with van der Waals surface area (Å²) in [5.74, 6) is 0.526. The minimum absolute atomic E-state index is 0. The maximum atomic E-state index is 10.7. The summed E-state index contributed by atoms with van der Waals surface area (Å²) in [6, 6.07) is 3.77. The molecule has 0 amide bonds. The predicted molar refractivity (Wildman–Crippen MR) is 47.5 cm³/mol. The molecule has 0 aliphatic heterocycles. The number of methoxy groups -OCH3 is 2. The van der Waals surface area contributed by atoms with E-state index in [2.05, 4.69) is 0 Å². The molecule has 15 heavy (non-hydrogen) atoms. The number of rotatable bonds is 3. The van der Waals surface area contributed by atoms with Gasteiger partial charge in [0.15, 0.2) is 0 Å². The standard InChI is InChI=1S/C8H10O5S.K/c1-12-6-3-7(13-2)5-8(4-6)14(9,10)11;/h3-5H,1-2H3,(H,9,10,11);/q;+1/p-1. The van der Waals surface area contributed by atoms with Crippen molar-refractivity contribution in [2.24, 2.45) is 0 Å². The van der Waals surface area contributed by atoms with Crippen LogP contribution in [0.5, 0.6) is 11.5 Å². The third kappa shape index (κ3) is 4.39. The van der Waals surface area contributed by atoms with Crippen molar-refractivity contribution in [2.45, 2.75) is 4.90 Å². The van der Waals surface area contributed by atoms with E-state index in [0.717, 1.165) is 12.1 Å². The van der Waals surface area contributed by atoms with Crippen LogP contribution >= 0.6 is 0 Å². The molecule has 0 atom stereocenters. The molecule has 1 aromatic carbocycles. The fraction of sp³-hybridized carbons (Fsp3) is 0.250. The van der Waals surface area contributed by atoms with Crippen molar-refractivity contribution in [3.8, 4) is 11.5 Å². The minimum atomic E-state index is -4.48. The second kappa shape index (κ2) is 6.19. The van der Waals surface area contributed by atoms with Crippen LogP contribution in [0.15, 0.2) is 23.1 Å². The molecule has 0 heterocycles. The van der Waals surface area contributed by atoms with Crippen LogP contribution < -0.4 is 60.9 Å². The minimum Gasteiger partial charge on any atom is -0.744 e. The first-order valence-corrected chi connectivity index (χ1v) is 5.07. The summed E-state index contributed by atoms with van der Waals surface area (Å²) < 4.78 is 41.7. The zero-order valence-corrected chi connectivity index (χ0v) is 12.6. The summed E-state index contributed by atoms with van der Waals surface area (Å²) in [5, 5.41) is 0. The quantitative estimate of drug-likeness (QED) is 0.445. The van der Waals surface area contributed by atoms with Crippen molar-refractivity contribution in [1.82, 2.24) is 0 Å². The second-order valence-electron chi connectivity index (χ2n) is 2.50. The van der Waals surface area contributed by atoms with E-state index in [0.29, 0.717) is 0 Å². The Hall–Kier alpha value is 0.366. The smallest absolute Gasteiger partial charge is 0.744 e. The topological polar surface area (TPSA) is 75.7 Å². The monoisotopic (exact) mass is 256 g/mol. The van der Waals surface area contributed by atoms with E-state index in [4.69, 9.17) is 9.47 Å². The van der Waals surface area contributed by atoms with Crippen LogP contribution in [0.25, 0.3) is 0 Å². The molecule has 0 aromatic heterocycles. The van der Waals surface area contributed by atoms with E-state index in [1.807, 2.05) is 0 Å². The number of hydrogen-bond donors (Lipinski definition) is 0. The van der Waals surface area contributed by atoms with Gasteiger partial charge >= 0.3 is 51.4 Å².